The molecule has 1 aliphatic heterocycles. The van der Waals surface area contributed by atoms with Crippen molar-refractivity contribution in [2.24, 2.45) is 5.92 Å². The van der Waals surface area contributed by atoms with Crippen LogP contribution in [-0.2, 0) is 16.0 Å². The first-order valence-electron chi connectivity index (χ1n) is 9.09. The molecular weight excluding hydrogens is 302 g/mol. The van der Waals surface area contributed by atoms with Gasteiger partial charge < -0.3 is 16.0 Å². The van der Waals surface area contributed by atoms with Crippen molar-refractivity contribution in [3.05, 3.63) is 23.8 Å². The zero-order chi connectivity index (χ0) is 16.9. The lowest BCUT2D eigenvalue weighted by molar-refractivity contribution is -0.125. The Morgan fingerprint density at radius 2 is 1.96 bits per heavy atom. The fourth-order valence-corrected chi connectivity index (χ4v) is 3.91. The Kier molecular flexibility index (Phi) is 5.38. The average molecular weight is 329 g/mol. The van der Waals surface area contributed by atoms with Crippen LogP contribution in [0.15, 0.2) is 18.2 Å². The molecule has 3 rings (SSSR count). The summed E-state index contributed by atoms with van der Waals surface area (Å²) in [5.74, 6) is 0.433. The number of nitrogens with two attached hydrogens (primary N) is 1. The lowest BCUT2D eigenvalue weighted by Gasteiger charge is -2.30. The molecule has 2 amide bonds. The van der Waals surface area contributed by atoms with E-state index in [0.717, 1.165) is 42.6 Å². The molecule has 5 nitrogen and oxygen atoms in total. The highest BCUT2D eigenvalue weighted by Gasteiger charge is 2.24. The summed E-state index contributed by atoms with van der Waals surface area (Å²) in [5.41, 5.74) is 8.71. The Bertz CT molecular complexity index is 609. The van der Waals surface area contributed by atoms with E-state index >= 15 is 0 Å². The van der Waals surface area contributed by atoms with Gasteiger partial charge in [0.2, 0.25) is 11.8 Å². The molecular formula is C19H27N3O2. The van der Waals surface area contributed by atoms with E-state index in [0.29, 0.717) is 18.9 Å². The van der Waals surface area contributed by atoms with Gasteiger partial charge in [0.25, 0.3) is 0 Å². The number of fused-ring (bicyclic) bond motifs is 1. The topological polar surface area (TPSA) is 75.4 Å². The first-order valence-corrected chi connectivity index (χ1v) is 9.09. The largest absolute Gasteiger partial charge is 0.398 e. The fourth-order valence-electron chi connectivity index (χ4n) is 3.91. The summed E-state index contributed by atoms with van der Waals surface area (Å²) in [6.07, 6.45) is 8.37. The van der Waals surface area contributed by atoms with E-state index in [4.69, 9.17) is 5.73 Å². The first kappa shape index (κ1) is 16.8. The number of nitrogens with one attached hydrogen (secondary N) is 1. The summed E-state index contributed by atoms with van der Waals surface area (Å²) in [6, 6.07) is 5.69. The molecule has 0 radical (unpaired) electrons. The van der Waals surface area contributed by atoms with Crippen LogP contribution in [0, 0.1) is 5.92 Å². The Hall–Kier alpha value is -2.04. The average Bonchev–Trinajstić information content (AvgIpc) is 2.60. The van der Waals surface area contributed by atoms with Gasteiger partial charge in [-0.15, -0.1) is 0 Å². The van der Waals surface area contributed by atoms with Gasteiger partial charge in [-0.3, -0.25) is 9.59 Å². The SMILES string of the molecule is Nc1cccc2c1CCCN2C(=O)CNC(=O)CC1CCCCC1. The fraction of sp³-hybridized carbons (Fsp3) is 0.579. The minimum atomic E-state index is -0.0569. The Labute approximate surface area is 143 Å². The summed E-state index contributed by atoms with van der Waals surface area (Å²) >= 11 is 0. The maximum atomic E-state index is 12.5. The molecule has 0 saturated heterocycles. The van der Waals surface area contributed by atoms with E-state index < -0.39 is 0 Å². The quantitative estimate of drug-likeness (QED) is 0.834. The Morgan fingerprint density at radius 3 is 2.75 bits per heavy atom. The molecule has 1 saturated carbocycles. The molecule has 1 heterocycles. The van der Waals surface area contributed by atoms with Gasteiger partial charge in [0, 0.05) is 24.3 Å². The number of hydrogen-bond donors (Lipinski definition) is 2. The lowest BCUT2D eigenvalue weighted by atomic mass is 9.87. The van der Waals surface area contributed by atoms with Crippen LogP contribution in [0.5, 0.6) is 0 Å². The van der Waals surface area contributed by atoms with Crippen molar-refractivity contribution < 1.29 is 9.59 Å². The molecule has 0 bridgehead atoms. The molecule has 0 spiro atoms. The van der Waals surface area contributed by atoms with Crippen LogP contribution in [0.4, 0.5) is 11.4 Å². The Morgan fingerprint density at radius 1 is 1.17 bits per heavy atom. The van der Waals surface area contributed by atoms with Crippen LogP contribution in [0.2, 0.25) is 0 Å². The number of carbonyl (C=O) groups is 2. The second-order valence-electron chi connectivity index (χ2n) is 6.98. The van der Waals surface area contributed by atoms with Crippen molar-refractivity contribution in [2.45, 2.75) is 51.4 Å². The van der Waals surface area contributed by atoms with Crippen molar-refractivity contribution in [3.63, 3.8) is 0 Å². The first-order chi connectivity index (χ1) is 11.6. The molecule has 0 atom stereocenters. The molecule has 0 aromatic heterocycles. The predicted molar refractivity (Wildman–Crippen MR) is 95.7 cm³/mol. The number of amides is 2. The van der Waals surface area contributed by atoms with Gasteiger partial charge in [0.15, 0.2) is 0 Å². The summed E-state index contributed by atoms with van der Waals surface area (Å²) < 4.78 is 0. The van der Waals surface area contributed by atoms with Gasteiger partial charge in [-0.05, 0) is 49.3 Å². The van der Waals surface area contributed by atoms with E-state index in [9.17, 15) is 9.59 Å². The molecule has 1 aromatic carbocycles. The number of anilines is 2. The van der Waals surface area contributed by atoms with Crippen LogP contribution in [0.1, 0.15) is 50.5 Å². The van der Waals surface area contributed by atoms with Gasteiger partial charge >= 0.3 is 0 Å². The smallest absolute Gasteiger partial charge is 0.246 e. The number of rotatable bonds is 4. The van der Waals surface area contributed by atoms with Gasteiger partial charge in [-0.25, -0.2) is 0 Å². The summed E-state index contributed by atoms with van der Waals surface area (Å²) in [7, 11) is 0. The highest BCUT2D eigenvalue weighted by molar-refractivity contribution is 5.98. The number of nitrogens with zero attached hydrogens (tertiary/aromatic N) is 1. The monoisotopic (exact) mass is 329 g/mol. The summed E-state index contributed by atoms with van der Waals surface area (Å²) in [4.78, 5) is 26.4. The molecule has 1 fully saturated rings. The molecule has 130 valence electrons. The zero-order valence-corrected chi connectivity index (χ0v) is 14.2. The molecule has 2 aliphatic rings. The van der Waals surface area contributed by atoms with Crippen LogP contribution < -0.4 is 16.0 Å². The number of nitrogen functional groups attached to an aromatic ring is 1. The van der Waals surface area contributed by atoms with E-state index in [-0.39, 0.29) is 18.4 Å². The van der Waals surface area contributed by atoms with Gasteiger partial charge in [-0.1, -0.05) is 25.3 Å². The molecule has 1 aromatic rings. The third-order valence-corrected chi connectivity index (χ3v) is 5.22. The summed E-state index contributed by atoms with van der Waals surface area (Å²) in [6.45, 7) is 0.758. The molecule has 5 heteroatoms. The van der Waals surface area contributed by atoms with Crippen LogP contribution in [-0.4, -0.2) is 24.9 Å². The number of hydrogen-bond acceptors (Lipinski definition) is 3. The van der Waals surface area contributed by atoms with Crippen molar-refractivity contribution in [1.29, 1.82) is 0 Å². The van der Waals surface area contributed by atoms with Crippen molar-refractivity contribution in [3.8, 4) is 0 Å². The van der Waals surface area contributed by atoms with Crippen molar-refractivity contribution in [2.75, 3.05) is 23.7 Å². The van der Waals surface area contributed by atoms with E-state index in [1.54, 1.807) is 4.90 Å². The standard InChI is InChI=1S/C19H27N3O2/c20-16-9-4-10-17-15(16)8-5-11-22(17)19(24)13-21-18(23)12-14-6-2-1-3-7-14/h4,9-10,14H,1-3,5-8,11-13,20H2,(H,21,23). The van der Waals surface area contributed by atoms with Crippen LogP contribution in [0.3, 0.4) is 0 Å². The van der Waals surface area contributed by atoms with E-state index in [2.05, 4.69) is 5.32 Å². The third-order valence-electron chi connectivity index (χ3n) is 5.22. The van der Waals surface area contributed by atoms with Crippen LogP contribution >= 0.6 is 0 Å². The lowest BCUT2D eigenvalue weighted by Crippen LogP contribution is -2.43. The third kappa shape index (κ3) is 3.89. The van der Waals surface area contributed by atoms with Crippen LogP contribution in [0.25, 0.3) is 0 Å². The number of carbonyl (C=O) groups excluding carboxylic acids is 2. The van der Waals surface area contributed by atoms with E-state index in [1.807, 2.05) is 18.2 Å². The molecule has 3 N–H and O–H groups in total. The second-order valence-corrected chi connectivity index (χ2v) is 6.98. The minimum absolute atomic E-state index is 0.0000541. The van der Waals surface area contributed by atoms with Gasteiger partial charge in [0.05, 0.1) is 6.54 Å². The number of benzene rings is 1. The van der Waals surface area contributed by atoms with Gasteiger partial charge in [-0.2, -0.15) is 0 Å². The predicted octanol–water partition coefficient (Wildman–Crippen LogP) is 2.63. The van der Waals surface area contributed by atoms with Crippen molar-refractivity contribution >= 4 is 23.2 Å². The molecule has 0 unspecified atom stereocenters. The summed E-state index contributed by atoms with van der Waals surface area (Å²) in [5, 5.41) is 2.81. The maximum absolute atomic E-state index is 12.5. The second kappa shape index (κ2) is 7.69. The normalized spacial score (nSPS) is 18.1. The molecule has 24 heavy (non-hydrogen) atoms. The van der Waals surface area contributed by atoms with Crippen molar-refractivity contribution in [1.82, 2.24) is 5.32 Å². The highest BCUT2D eigenvalue weighted by Crippen LogP contribution is 2.31. The Balaban J connectivity index is 1.54. The highest BCUT2D eigenvalue weighted by atomic mass is 16.2. The zero-order valence-electron chi connectivity index (χ0n) is 14.2. The van der Waals surface area contributed by atoms with Gasteiger partial charge in [0.1, 0.15) is 0 Å². The maximum Gasteiger partial charge on any atom is 0.246 e. The molecule has 1 aliphatic carbocycles. The van der Waals surface area contributed by atoms with E-state index in [1.165, 1.54) is 19.3 Å². The minimum Gasteiger partial charge on any atom is -0.398 e.